The molecule has 56 valence electrons. The average molecular weight is 150 g/mol. The van der Waals surface area contributed by atoms with Gasteiger partial charge >= 0.3 is 0 Å². The third-order valence-corrected chi connectivity index (χ3v) is 1.63. The van der Waals surface area contributed by atoms with Crippen LogP contribution in [0.1, 0.15) is 5.56 Å². The summed E-state index contributed by atoms with van der Waals surface area (Å²) in [6, 6.07) is 7.49. The number of hydrogen-bond acceptors (Lipinski definition) is 2. The summed E-state index contributed by atoms with van der Waals surface area (Å²) in [4.78, 5) is 3.68. The van der Waals surface area contributed by atoms with E-state index >= 15 is 0 Å². The first kappa shape index (κ1) is 6.34. The molecule has 3 heteroatoms. The Bertz CT molecular complexity index is 307. The van der Waals surface area contributed by atoms with Crippen molar-refractivity contribution in [2.75, 3.05) is 0 Å². The minimum atomic E-state index is -0.497. The number of halogens is 1. The molecular weight excluding hydrogens is 143 g/mol. The number of para-hydroxylation sites is 1. The standard InChI is InChI=1S/C8H7FN2/c9-8-10-5-6-3-1-2-4-7(6)11-8/h1-4H,5H2,(H,10,11). The van der Waals surface area contributed by atoms with Crippen molar-refractivity contribution < 1.29 is 4.39 Å². The molecule has 0 bridgehead atoms. The zero-order valence-electron chi connectivity index (χ0n) is 5.84. The molecule has 1 N–H and O–H groups in total. The summed E-state index contributed by atoms with van der Waals surface area (Å²) in [6.07, 6.45) is -0.497. The fraction of sp³-hybridized carbons (Fsp3) is 0.125. The van der Waals surface area contributed by atoms with Gasteiger partial charge in [0.2, 0.25) is 0 Å². The fourth-order valence-electron chi connectivity index (χ4n) is 1.08. The number of rotatable bonds is 0. The van der Waals surface area contributed by atoms with E-state index in [-0.39, 0.29) is 0 Å². The highest BCUT2D eigenvalue weighted by atomic mass is 19.1. The van der Waals surface area contributed by atoms with Gasteiger partial charge in [-0.3, -0.25) is 0 Å². The van der Waals surface area contributed by atoms with E-state index in [4.69, 9.17) is 0 Å². The predicted molar refractivity (Wildman–Crippen MR) is 41.5 cm³/mol. The van der Waals surface area contributed by atoms with Crippen LogP contribution < -0.4 is 5.32 Å². The Balaban J connectivity index is 2.51. The monoisotopic (exact) mass is 150 g/mol. The summed E-state index contributed by atoms with van der Waals surface area (Å²) in [5, 5.41) is 2.52. The molecule has 0 spiro atoms. The van der Waals surface area contributed by atoms with Crippen LogP contribution in [-0.2, 0) is 6.54 Å². The zero-order valence-corrected chi connectivity index (χ0v) is 5.84. The van der Waals surface area contributed by atoms with Crippen LogP contribution in [0.25, 0.3) is 0 Å². The van der Waals surface area contributed by atoms with Gasteiger partial charge in [-0.1, -0.05) is 18.2 Å². The van der Waals surface area contributed by atoms with Crippen LogP contribution in [-0.4, -0.2) is 6.09 Å². The van der Waals surface area contributed by atoms with Gasteiger partial charge in [-0.05, 0) is 11.6 Å². The van der Waals surface area contributed by atoms with E-state index in [0.717, 1.165) is 11.3 Å². The van der Waals surface area contributed by atoms with Crippen molar-refractivity contribution in [2.45, 2.75) is 6.54 Å². The van der Waals surface area contributed by atoms with Crippen LogP contribution in [0.5, 0.6) is 0 Å². The molecule has 0 saturated heterocycles. The maximum Gasteiger partial charge on any atom is 0.283 e. The number of hydrogen-bond donors (Lipinski definition) is 1. The molecule has 0 aliphatic carbocycles. The third-order valence-electron chi connectivity index (χ3n) is 1.63. The second-order valence-electron chi connectivity index (χ2n) is 2.38. The van der Waals surface area contributed by atoms with E-state index < -0.39 is 6.09 Å². The Labute approximate surface area is 63.8 Å². The molecule has 1 aliphatic heterocycles. The molecule has 2 nitrogen and oxygen atoms in total. The summed E-state index contributed by atoms with van der Waals surface area (Å²) in [5.74, 6) is 0. The van der Waals surface area contributed by atoms with Gasteiger partial charge in [0.25, 0.3) is 6.09 Å². The van der Waals surface area contributed by atoms with Gasteiger partial charge in [-0.2, -0.15) is 4.39 Å². The van der Waals surface area contributed by atoms with Gasteiger partial charge in [0.1, 0.15) is 0 Å². The van der Waals surface area contributed by atoms with Crippen LogP contribution >= 0.6 is 0 Å². The van der Waals surface area contributed by atoms with Crippen LogP contribution in [0.2, 0.25) is 0 Å². The maximum absolute atomic E-state index is 12.5. The Kier molecular flexibility index (Phi) is 1.35. The number of benzene rings is 1. The Hall–Kier alpha value is -1.38. The van der Waals surface area contributed by atoms with Gasteiger partial charge < -0.3 is 5.32 Å². The van der Waals surface area contributed by atoms with Crippen molar-refractivity contribution in [3.05, 3.63) is 29.8 Å². The molecule has 1 aromatic carbocycles. The zero-order chi connectivity index (χ0) is 7.68. The normalized spacial score (nSPS) is 14.8. The highest BCUT2D eigenvalue weighted by Gasteiger charge is 2.08. The second kappa shape index (κ2) is 2.34. The Morgan fingerprint density at radius 2 is 2.18 bits per heavy atom. The van der Waals surface area contributed by atoms with Gasteiger partial charge in [-0.15, -0.1) is 0 Å². The number of fused-ring (bicyclic) bond motifs is 1. The molecule has 2 rings (SSSR count). The van der Waals surface area contributed by atoms with Crippen LogP contribution in [0.3, 0.4) is 0 Å². The summed E-state index contributed by atoms with van der Waals surface area (Å²) in [6.45, 7) is 0.533. The molecule has 1 aromatic rings. The highest BCUT2D eigenvalue weighted by Crippen LogP contribution is 2.21. The number of nitrogens with one attached hydrogen (secondary N) is 1. The summed E-state index contributed by atoms with van der Waals surface area (Å²) in [7, 11) is 0. The summed E-state index contributed by atoms with van der Waals surface area (Å²) in [5.41, 5.74) is 1.76. The van der Waals surface area contributed by atoms with Crippen LogP contribution in [0, 0.1) is 0 Å². The predicted octanol–water partition coefficient (Wildman–Crippen LogP) is 1.75. The quantitative estimate of drug-likeness (QED) is 0.560. The smallest absolute Gasteiger partial charge is 0.283 e. The van der Waals surface area contributed by atoms with Crippen molar-refractivity contribution in [3.8, 4) is 0 Å². The lowest BCUT2D eigenvalue weighted by atomic mass is 10.1. The lowest BCUT2D eigenvalue weighted by molar-refractivity contribution is 0.700. The van der Waals surface area contributed by atoms with Crippen molar-refractivity contribution in [2.24, 2.45) is 4.99 Å². The summed E-state index contributed by atoms with van der Waals surface area (Å²) >= 11 is 0. The molecule has 0 fully saturated rings. The van der Waals surface area contributed by atoms with E-state index in [1.54, 1.807) is 6.07 Å². The molecule has 0 atom stereocenters. The lowest BCUT2D eigenvalue weighted by Gasteiger charge is -2.11. The topological polar surface area (TPSA) is 24.4 Å². The van der Waals surface area contributed by atoms with E-state index in [1.165, 1.54) is 0 Å². The van der Waals surface area contributed by atoms with Crippen molar-refractivity contribution in [1.82, 2.24) is 5.32 Å². The second-order valence-corrected chi connectivity index (χ2v) is 2.38. The first-order valence-corrected chi connectivity index (χ1v) is 3.42. The summed E-state index contributed by atoms with van der Waals surface area (Å²) < 4.78 is 12.5. The van der Waals surface area contributed by atoms with E-state index in [9.17, 15) is 4.39 Å². The minimum Gasteiger partial charge on any atom is -0.342 e. The number of aliphatic imine (C=N–C) groups is 1. The number of amidine groups is 1. The maximum atomic E-state index is 12.5. The number of nitrogens with zero attached hydrogens (tertiary/aromatic N) is 1. The van der Waals surface area contributed by atoms with Crippen molar-refractivity contribution in [3.63, 3.8) is 0 Å². The molecule has 0 saturated carbocycles. The van der Waals surface area contributed by atoms with Gasteiger partial charge in [-0.25, -0.2) is 4.99 Å². The molecule has 11 heavy (non-hydrogen) atoms. The Morgan fingerprint density at radius 1 is 1.36 bits per heavy atom. The van der Waals surface area contributed by atoms with E-state index in [1.807, 2.05) is 18.2 Å². The highest BCUT2D eigenvalue weighted by molar-refractivity contribution is 5.78. The first-order valence-electron chi connectivity index (χ1n) is 3.42. The fourth-order valence-corrected chi connectivity index (χ4v) is 1.08. The lowest BCUT2D eigenvalue weighted by Crippen LogP contribution is -2.21. The third kappa shape index (κ3) is 1.09. The molecule has 1 heterocycles. The molecule has 1 aliphatic rings. The van der Waals surface area contributed by atoms with Crippen LogP contribution in [0.4, 0.5) is 10.1 Å². The van der Waals surface area contributed by atoms with Gasteiger partial charge in [0.15, 0.2) is 0 Å². The average Bonchev–Trinajstić information content (AvgIpc) is 2.04. The molecular formula is C8H7FN2. The molecule has 0 amide bonds. The molecule has 0 radical (unpaired) electrons. The van der Waals surface area contributed by atoms with Gasteiger partial charge in [0, 0.05) is 6.54 Å². The van der Waals surface area contributed by atoms with Crippen LogP contribution in [0.15, 0.2) is 29.3 Å². The van der Waals surface area contributed by atoms with Crippen molar-refractivity contribution in [1.29, 1.82) is 0 Å². The Morgan fingerprint density at radius 3 is 3.09 bits per heavy atom. The van der Waals surface area contributed by atoms with Crippen molar-refractivity contribution >= 4 is 11.8 Å². The van der Waals surface area contributed by atoms with Gasteiger partial charge in [0.05, 0.1) is 5.69 Å². The largest absolute Gasteiger partial charge is 0.342 e. The molecule has 0 unspecified atom stereocenters. The minimum absolute atomic E-state index is 0.497. The first-order chi connectivity index (χ1) is 5.36. The van der Waals surface area contributed by atoms with E-state index in [0.29, 0.717) is 6.54 Å². The van der Waals surface area contributed by atoms with E-state index in [2.05, 4.69) is 10.3 Å². The molecule has 0 aromatic heterocycles. The SMILES string of the molecule is FC1=Nc2ccccc2CN1.